The second-order valence-corrected chi connectivity index (χ2v) is 5.10. The standard InChI is InChI=1S/C14H11N3S/c1-10-5-7-17-11(4-6-15)14(16-13(17)9-10)12-3-2-8-18-12/h2-3,5,7-9H,4H2,1H3. The number of imidazole rings is 1. The van der Waals surface area contributed by atoms with Crippen molar-refractivity contribution in [2.75, 3.05) is 0 Å². The van der Waals surface area contributed by atoms with E-state index in [0.717, 1.165) is 21.9 Å². The maximum Gasteiger partial charge on any atom is 0.137 e. The van der Waals surface area contributed by atoms with Crippen molar-refractivity contribution in [3.05, 3.63) is 47.1 Å². The molecule has 0 N–H and O–H groups in total. The van der Waals surface area contributed by atoms with Gasteiger partial charge in [-0.05, 0) is 36.1 Å². The zero-order valence-corrected chi connectivity index (χ0v) is 10.7. The van der Waals surface area contributed by atoms with Crippen LogP contribution in [-0.4, -0.2) is 9.38 Å². The molecule has 0 bridgehead atoms. The normalized spacial score (nSPS) is 10.7. The molecule has 3 aromatic rings. The maximum absolute atomic E-state index is 8.99. The van der Waals surface area contributed by atoms with Crippen LogP contribution in [0.4, 0.5) is 0 Å². The van der Waals surface area contributed by atoms with Crippen LogP contribution in [0.5, 0.6) is 0 Å². The van der Waals surface area contributed by atoms with E-state index in [9.17, 15) is 0 Å². The quantitative estimate of drug-likeness (QED) is 0.702. The molecule has 0 saturated carbocycles. The fraction of sp³-hybridized carbons (Fsp3) is 0.143. The second-order valence-electron chi connectivity index (χ2n) is 4.15. The maximum atomic E-state index is 8.99. The van der Waals surface area contributed by atoms with E-state index in [-0.39, 0.29) is 0 Å². The molecule has 0 aromatic carbocycles. The summed E-state index contributed by atoms with van der Waals surface area (Å²) in [7, 11) is 0. The van der Waals surface area contributed by atoms with Crippen molar-refractivity contribution in [2.24, 2.45) is 0 Å². The lowest BCUT2D eigenvalue weighted by Gasteiger charge is -1.99. The topological polar surface area (TPSA) is 41.1 Å². The molecule has 3 aromatic heterocycles. The Hall–Kier alpha value is -2.12. The Bertz CT molecular complexity index is 732. The Morgan fingerprint density at radius 3 is 3.06 bits per heavy atom. The minimum Gasteiger partial charge on any atom is -0.302 e. The molecule has 3 heterocycles. The summed E-state index contributed by atoms with van der Waals surface area (Å²) in [6, 6.07) is 10.3. The molecule has 3 rings (SSSR count). The summed E-state index contributed by atoms with van der Waals surface area (Å²) in [5, 5.41) is 11.0. The molecular formula is C14H11N3S. The zero-order chi connectivity index (χ0) is 12.5. The van der Waals surface area contributed by atoms with E-state index in [1.807, 2.05) is 47.2 Å². The minimum absolute atomic E-state index is 0.372. The van der Waals surface area contributed by atoms with Gasteiger partial charge >= 0.3 is 0 Å². The Kier molecular flexibility index (Phi) is 2.62. The Morgan fingerprint density at radius 1 is 1.44 bits per heavy atom. The van der Waals surface area contributed by atoms with Gasteiger partial charge in [-0.15, -0.1) is 11.3 Å². The van der Waals surface area contributed by atoms with Gasteiger partial charge in [-0.3, -0.25) is 0 Å². The predicted molar refractivity (Wildman–Crippen MR) is 72.6 cm³/mol. The first-order valence-corrected chi connectivity index (χ1v) is 6.56. The van der Waals surface area contributed by atoms with Crippen molar-refractivity contribution in [1.82, 2.24) is 9.38 Å². The lowest BCUT2D eigenvalue weighted by molar-refractivity contribution is 1.05. The second kappa shape index (κ2) is 4.28. The van der Waals surface area contributed by atoms with Gasteiger partial charge in [-0.2, -0.15) is 5.26 Å². The van der Waals surface area contributed by atoms with Crippen molar-refractivity contribution in [1.29, 1.82) is 5.26 Å². The monoisotopic (exact) mass is 253 g/mol. The molecule has 0 fully saturated rings. The largest absolute Gasteiger partial charge is 0.302 e. The fourth-order valence-electron chi connectivity index (χ4n) is 2.05. The van der Waals surface area contributed by atoms with Crippen LogP contribution in [0.15, 0.2) is 35.8 Å². The highest BCUT2D eigenvalue weighted by atomic mass is 32.1. The van der Waals surface area contributed by atoms with Crippen LogP contribution in [0.3, 0.4) is 0 Å². The van der Waals surface area contributed by atoms with Crippen molar-refractivity contribution in [3.8, 4) is 16.6 Å². The van der Waals surface area contributed by atoms with Gasteiger partial charge in [0.2, 0.25) is 0 Å². The van der Waals surface area contributed by atoms with Crippen molar-refractivity contribution >= 4 is 17.0 Å². The number of nitrogens with zero attached hydrogens (tertiary/aromatic N) is 3. The Balaban J connectivity index is 2.31. The third-order valence-electron chi connectivity index (χ3n) is 2.88. The molecule has 18 heavy (non-hydrogen) atoms. The third-order valence-corrected chi connectivity index (χ3v) is 3.76. The number of hydrogen-bond acceptors (Lipinski definition) is 3. The molecule has 0 aliphatic heterocycles. The molecule has 0 saturated heterocycles. The molecule has 0 spiro atoms. The van der Waals surface area contributed by atoms with Crippen LogP contribution in [0, 0.1) is 18.3 Å². The van der Waals surface area contributed by atoms with Gasteiger partial charge in [0.25, 0.3) is 0 Å². The van der Waals surface area contributed by atoms with Gasteiger partial charge in [0, 0.05) is 6.20 Å². The third kappa shape index (κ3) is 1.69. The summed E-state index contributed by atoms with van der Waals surface area (Å²) >= 11 is 1.65. The number of thiophene rings is 1. The summed E-state index contributed by atoms with van der Waals surface area (Å²) in [6.07, 6.45) is 2.36. The minimum atomic E-state index is 0.372. The number of hydrogen-bond donors (Lipinski definition) is 0. The molecule has 0 atom stereocenters. The van der Waals surface area contributed by atoms with Gasteiger partial charge in [-0.25, -0.2) is 4.98 Å². The van der Waals surface area contributed by atoms with E-state index < -0.39 is 0 Å². The lowest BCUT2D eigenvalue weighted by atomic mass is 10.2. The zero-order valence-electron chi connectivity index (χ0n) is 9.92. The van der Waals surface area contributed by atoms with E-state index in [1.165, 1.54) is 5.56 Å². The van der Waals surface area contributed by atoms with Crippen LogP contribution in [0.2, 0.25) is 0 Å². The summed E-state index contributed by atoms with van der Waals surface area (Å²) in [5.74, 6) is 0. The van der Waals surface area contributed by atoms with E-state index in [1.54, 1.807) is 11.3 Å². The van der Waals surface area contributed by atoms with Crippen LogP contribution < -0.4 is 0 Å². The van der Waals surface area contributed by atoms with E-state index >= 15 is 0 Å². The summed E-state index contributed by atoms with van der Waals surface area (Å²) in [5.41, 5.74) is 3.98. The molecule has 0 aliphatic carbocycles. The first-order valence-electron chi connectivity index (χ1n) is 5.68. The first kappa shape index (κ1) is 11.0. The van der Waals surface area contributed by atoms with Crippen molar-refractivity contribution in [3.63, 3.8) is 0 Å². The first-order chi connectivity index (χ1) is 8.79. The molecule has 0 aliphatic rings. The van der Waals surface area contributed by atoms with Gasteiger partial charge in [0.05, 0.1) is 23.1 Å². The van der Waals surface area contributed by atoms with E-state index in [0.29, 0.717) is 6.42 Å². The molecular weight excluding hydrogens is 242 g/mol. The van der Waals surface area contributed by atoms with Gasteiger partial charge < -0.3 is 4.40 Å². The van der Waals surface area contributed by atoms with Crippen molar-refractivity contribution in [2.45, 2.75) is 13.3 Å². The van der Waals surface area contributed by atoms with Crippen LogP contribution in [0.1, 0.15) is 11.3 Å². The van der Waals surface area contributed by atoms with Gasteiger partial charge in [-0.1, -0.05) is 6.07 Å². The highest BCUT2D eigenvalue weighted by Crippen LogP contribution is 2.28. The van der Waals surface area contributed by atoms with Gasteiger partial charge in [0.15, 0.2) is 0 Å². The summed E-state index contributed by atoms with van der Waals surface area (Å²) < 4.78 is 2.01. The molecule has 4 heteroatoms. The molecule has 0 unspecified atom stereocenters. The average molecular weight is 253 g/mol. The number of pyridine rings is 1. The lowest BCUT2D eigenvalue weighted by Crippen LogP contribution is -1.92. The summed E-state index contributed by atoms with van der Waals surface area (Å²) in [4.78, 5) is 5.77. The number of aromatic nitrogens is 2. The molecule has 88 valence electrons. The number of nitriles is 1. The molecule has 3 nitrogen and oxygen atoms in total. The highest BCUT2D eigenvalue weighted by molar-refractivity contribution is 7.13. The Morgan fingerprint density at radius 2 is 2.33 bits per heavy atom. The van der Waals surface area contributed by atoms with Crippen LogP contribution in [0.25, 0.3) is 16.2 Å². The highest BCUT2D eigenvalue weighted by Gasteiger charge is 2.14. The average Bonchev–Trinajstić information content (AvgIpc) is 2.97. The Labute approximate surface area is 109 Å². The molecule has 0 amide bonds. The van der Waals surface area contributed by atoms with Crippen LogP contribution in [-0.2, 0) is 6.42 Å². The SMILES string of the molecule is Cc1ccn2c(CC#N)c(-c3cccs3)nc2c1. The molecule has 0 radical (unpaired) electrons. The van der Waals surface area contributed by atoms with Crippen molar-refractivity contribution < 1.29 is 0 Å². The summed E-state index contributed by atoms with van der Waals surface area (Å²) in [6.45, 7) is 2.05. The fourth-order valence-corrected chi connectivity index (χ4v) is 2.79. The smallest absolute Gasteiger partial charge is 0.137 e. The predicted octanol–water partition coefficient (Wildman–Crippen LogP) is 3.44. The number of rotatable bonds is 2. The van der Waals surface area contributed by atoms with E-state index in [2.05, 4.69) is 11.1 Å². The number of fused-ring (bicyclic) bond motifs is 1. The van der Waals surface area contributed by atoms with Gasteiger partial charge in [0.1, 0.15) is 11.3 Å². The van der Waals surface area contributed by atoms with E-state index in [4.69, 9.17) is 5.26 Å². The number of aryl methyl sites for hydroxylation is 1. The van der Waals surface area contributed by atoms with Crippen LogP contribution >= 0.6 is 11.3 Å².